The number of hydrogen-bond donors (Lipinski definition) is 1. The van der Waals surface area contributed by atoms with Crippen LogP contribution in [0.2, 0.25) is 0 Å². The molecule has 70 valence electrons. The number of nitrogens with two attached hydrogens (primary N) is 1. The lowest BCUT2D eigenvalue weighted by molar-refractivity contribution is 0.112. The maximum Gasteiger partial charge on any atom is 0.00993 e. The van der Waals surface area contributed by atoms with Gasteiger partial charge in [-0.05, 0) is 45.1 Å². The summed E-state index contributed by atoms with van der Waals surface area (Å²) in [4.78, 5) is 2.68. The van der Waals surface area contributed by atoms with E-state index in [0.29, 0.717) is 0 Å². The second-order valence-corrected chi connectivity index (χ2v) is 4.46. The van der Waals surface area contributed by atoms with Gasteiger partial charge in [0, 0.05) is 18.6 Å². The Balaban J connectivity index is 1.90. The van der Waals surface area contributed by atoms with Gasteiger partial charge in [0.05, 0.1) is 0 Å². The molecular formula is C10H20N2. The standard InChI is InChI=1S/C10H20N2/c1-8-2-3-9(6-11)7-12(8)10-4-5-10/h8-10H,2-7,11H2,1H3. The lowest BCUT2D eigenvalue weighted by Gasteiger charge is -2.37. The molecule has 2 N–H and O–H groups in total. The summed E-state index contributed by atoms with van der Waals surface area (Å²) in [7, 11) is 0. The molecule has 0 aromatic heterocycles. The first-order chi connectivity index (χ1) is 5.81. The fraction of sp³-hybridized carbons (Fsp3) is 1.00. The van der Waals surface area contributed by atoms with Gasteiger partial charge in [0.25, 0.3) is 0 Å². The normalized spacial score (nSPS) is 38.5. The van der Waals surface area contributed by atoms with E-state index in [1.807, 2.05) is 0 Å². The average Bonchev–Trinajstić information content (AvgIpc) is 2.88. The Labute approximate surface area is 75.1 Å². The summed E-state index contributed by atoms with van der Waals surface area (Å²) >= 11 is 0. The van der Waals surface area contributed by atoms with Gasteiger partial charge in [0.1, 0.15) is 0 Å². The summed E-state index contributed by atoms with van der Waals surface area (Å²) < 4.78 is 0. The predicted octanol–water partition coefficient (Wildman–Crippen LogP) is 1.21. The second-order valence-electron chi connectivity index (χ2n) is 4.46. The minimum atomic E-state index is 0.779. The molecular weight excluding hydrogens is 148 g/mol. The fourth-order valence-electron chi connectivity index (χ4n) is 2.32. The van der Waals surface area contributed by atoms with Gasteiger partial charge in [0.2, 0.25) is 0 Å². The highest BCUT2D eigenvalue weighted by molar-refractivity contribution is 4.91. The summed E-state index contributed by atoms with van der Waals surface area (Å²) in [5.41, 5.74) is 5.70. The molecule has 2 heteroatoms. The zero-order valence-corrected chi connectivity index (χ0v) is 8.00. The van der Waals surface area contributed by atoms with E-state index in [-0.39, 0.29) is 0 Å². The number of likely N-dealkylation sites (tertiary alicyclic amines) is 1. The zero-order chi connectivity index (χ0) is 8.55. The molecule has 0 radical (unpaired) electrons. The molecule has 2 atom stereocenters. The molecule has 1 heterocycles. The first kappa shape index (κ1) is 8.52. The Hall–Kier alpha value is -0.0800. The van der Waals surface area contributed by atoms with Crippen molar-refractivity contribution in [1.29, 1.82) is 0 Å². The molecule has 12 heavy (non-hydrogen) atoms. The van der Waals surface area contributed by atoms with Gasteiger partial charge in [-0.1, -0.05) is 0 Å². The molecule has 1 aliphatic carbocycles. The van der Waals surface area contributed by atoms with E-state index in [4.69, 9.17) is 5.73 Å². The third-order valence-electron chi connectivity index (χ3n) is 3.38. The van der Waals surface area contributed by atoms with E-state index in [0.717, 1.165) is 24.5 Å². The van der Waals surface area contributed by atoms with Gasteiger partial charge in [-0.3, -0.25) is 4.90 Å². The summed E-state index contributed by atoms with van der Waals surface area (Å²) in [6, 6.07) is 1.75. The van der Waals surface area contributed by atoms with Crippen LogP contribution in [0.4, 0.5) is 0 Å². The fourth-order valence-corrected chi connectivity index (χ4v) is 2.32. The van der Waals surface area contributed by atoms with E-state index in [9.17, 15) is 0 Å². The summed E-state index contributed by atoms with van der Waals surface area (Å²) in [5, 5.41) is 0. The van der Waals surface area contributed by atoms with Gasteiger partial charge in [-0.15, -0.1) is 0 Å². The lowest BCUT2D eigenvalue weighted by atomic mass is 9.93. The van der Waals surface area contributed by atoms with Crippen LogP contribution in [0.3, 0.4) is 0 Å². The van der Waals surface area contributed by atoms with Crippen molar-refractivity contribution in [3.63, 3.8) is 0 Å². The first-order valence-corrected chi connectivity index (χ1v) is 5.27. The summed E-state index contributed by atoms with van der Waals surface area (Å²) in [5.74, 6) is 0.779. The van der Waals surface area contributed by atoms with Crippen LogP contribution in [-0.4, -0.2) is 30.1 Å². The maximum absolute atomic E-state index is 5.70. The van der Waals surface area contributed by atoms with E-state index < -0.39 is 0 Å². The molecule has 1 saturated carbocycles. The summed E-state index contributed by atoms with van der Waals surface area (Å²) in [6.45, 7) is 4.52. The van der Waals surface area contributed by atoms with E-state index in [1.165, 1.54) is 32.2 Å². The third-order valence-corrected chi connectivity index (χ3v) is 3.38. The number of hydrogen-bond acceptors (Lipinski definition) is 2. The van der Waals surface area contributed by atoms with Crippen LogP contribution >= 0.6 is 0 Å². The molecule has 0 spiro atoms. The van der Waals surface area contributed by atoms with Crippen LogP contribution in [0, 0.1) is 5.92 Å². The molecule has 1 saturated heterocycles. The Morgan fingerprint density at radius 2 is 2.00 bits per heavy atom. The first-order valence-electron chi connectivity index (χ1n) is 5.27. The predicted molar refractivity (Wildman–Crippen MR) is 51.0 cm³/mol. The molecule has 2 nitrogen and oxygen atoms in total. The van der Waals surface area contributed by atoms with E-state index >= 15 is 0 Å². The Bertz CT molecular complexity index is 154. The molecule has 0 aromatic rings. The van der Waals surface area contributed by atoms with Crippen LogP contribution in [-0.2, 0) is 0 Å². The van der Waals surface area contributed by atoms with E-state index in [1.54, 1.807) is 0 Å². The Morgan fingerprint density at radius 3 is 2.58 bits per heavy atom. The van der Waals surface area contributed by atoms with Crippen molar-refractivity contribution in [2.75, 3.05) is 13.1 Å². The highest BCUT2D eigenvalue weighted by Gasteiger charge is 2.35. The smallest absolute Gasteiger partial charge is 0.00993 e. The Kier molecular flexibility index (Phi) is 2.37. The van der Waals surface area contributed by atoms with Gasteiger partial charge in [-0.2, -0.15) is 0 Å². The van der Waals surface area contributed by atoms with Gasteiger partial charge in [0.15, 0.2) is 0 Å². The Morgan fingerprint density at radius 1 is 1.25 bits per heavy atom. The molecule has 2 rings (SSSR count). The van der Waals surface area contributed by atoms with Gasteiger partial charge < -0.3 is 5.73 Å². The zero-order valence-electron chi connectivity index (χ0n) is 8.00. The number of rotatable bonds is 2. The molecule has 0 bridgehead atoms. The lowest BCUT2D eigenvalue weighted by Crippen LogP contribution is -2.44. The molecule has 2 aliphatic rings. The second kappa shape index (κ2) is 3.35. The molecule has 2 fully saturated rings. The van der Waals surface area contributed by atoms with Crippen LogP contribution < -0.4 is 5.73 Å². The topological polar surface area (TPSA) is 29.3 Å². The minimum absolute atomic E-state index is 0.779. The SMILES string of the molecule is CC1CCC(CN)CN1C1CC1. The van der Waals surface area contributed by atoms with Crippen molar-refractivity contribution in [2.24, 2.45) is 11.7 Å². The molecule has 0 aromatic carbocycles. The molecule has 0 amide bonds. The highest BCUT2D eigenvalue weighted by atomic mass is 15.2. The quantitative estimate of drug-likeness (QED) is 0.671. The maximum atomic E-state index is 5.70. The van der Waals surface area contributed by atoms with Crippen molar-refractivity contribution in [2.45, 2.75) is 44.7 Å². The summed E-state index contributed by atoms with van der Waals surface area (Å²) in [6.07, 6.45) is 5.57. The number of piperidine rings is 1. The van der Waals surface area contributed by atoms with Gasteiger partial charge >= 0.3 is 0 Å². The van der Waals surface area contributed by atoms with Crippen molar-refractivity contribution in [3.8, 4) is 0 Å². The molecule has 2 unspecified atom stereocenters. The van der Waals surface area contributed by atoms with Crippen LogP contribution in [0.5, 0.6) is 0 Å². The average molecular weight is 168 g/mol. The van der Waals surface area contributed by atoms with Crippen molar-refractivity contribution < 1.29 is 0 Å². The van der Waals surface area contributed by atoms with Crippen LogP contribution in [0.1, 0.15) is 32.6 Å². The van der Waals surface area contributed by atoms with Crippen molar-refractivity contribution >= 4 is 0 Å². The largest absolute Gasteiger partial charge is 0.330 e. The van der Waals surface area contributed by atoms with Crippen LogP contribution in [0.25, 0.3) is 0 Å². The monoisotopic (exact) mass is 168 g/mol. The van der Waals surface area contributed by atoms with Crippen molar-refractivity contribution in [1.82, 2.24) is 4.90 Å². The molecule has 1 aliphatic heterocycles. The highest BCUT2D eigenvalue weighted by Crippen LogP contribution is 2.33. The van der Waals surface area contributed by atoms with Crippen molar-refractivity contribution in [3.05, 3.63) is 0 Å². The van der Waals surface area contributed by atoms with E-state index in [2.05, 4.69) is 11.8 Å². The number of nitrogens with zero attached hydrogens (tertiary/aromatic N) is 1. The van der Waals surface area contributed by atoms with Crippen LogP contribution in [0.15, 0.2) is 0 Å². The minimum Gasteiger partial charge on any atom is -0.330 e. The van der Waals surface area contributed by atoms with Gasteiger partial charge in [-0.25, -0.2) is 0 Å². The third kappa shape index (κ3) is 1.64.